The van der Waals surface area contributed by atoms with E-state index in [1.165, 1.54) is 10.8 Å². The predicted octanol–water partition coefficient (Wildman–Crippen LogP) is 5.64. The summed E-state index contributed by atoms with van der Waals surface area (Å²) < 4.78 is 25.7. The summed E-state index contributed by atoms with van der Waals surface area (Å²) in [4.78, 5) is 23.6. The lowest BCUT2D eigenvalue weighted by Gasteiger charge is -2.16. The Morgan fingerprint density at radius 2 is 1.50 bits per heavy atom. The lowest BCUT2D eigenvalue weighted by molar-refractivity contribution is -0.122. The molecule has 0 aromatic heterocycles. The van der Waals surface area contributed by atoms with Crippen LogP contribution in [-0.2, 0) is 21.7 Å². The van der Waals surface area contributed by atoms with Gasteiger partial charge in [-0.2, -0.15) is 12.8 Å². The minimum atomic E-state index is -2.60. The van der Waals surface area contributed by atoms with Gasteiger partial charge in [0.05, 0.1) is 12.5 Å². The first-order valence-corrected chi connectivity index (χ1v) is 12.7. The summed E-state index contributed by atoms with van der Waals surface area (Å²) >= 11 is 0. The molecule has 0 saturated carbocycles. The summed E-state index contributed by atoms with van der Waals surface area (Å²) in [5.74, 6) is -0.276. The first kappa shape index (κ1) is 25.0. The Morgan fingerprint density at radius 3 is 2.08 bits per heavy atom. The Hall–Kier alpha value is -4.10. The van der Waals surface area contributed by atoms with Gasteiger partial charge in [0.1, 0.15) is 12.3 Å². The zero-order valence-corrected chi connectivity index (χ0v) is 20.4. The molecule has 4 aromatic rings. The van der Waals surface area contributed by atoms with Crippen molar-refractivity contribution >= 4 is 33.5 Å². The van der Waals surface area contributed by atoms with Crippen LogP contribution in [0.5, 0.6) is 0 Å². The third kappa shape index (κ3) is 6.31. The molecule has 0 aliphatic heterocycles. The Morgan fingerprint density at radius 1 is 0.889 bits per heavy atom. The fourth-order valence-corrected chi connectivity index (χ4v) is 4.90. The van der Waals surface area contributed by atoms with E-state index in [0.717, 1.165) is 23.8 Å². The van der Waals surface area contributed by atoms with Crippen molar-refractivity contribution in [1.82, 2.24) is 5.32 Å². The largest absolute Gasteiger partial charge is 0.349 e. The van der Waals surface area contributed by atoms with Crippen molar-refractivity contribution in [3.63, 3.8) is 0 Å². The van der Waals surface area contributed by atoms with Gasteiger partial charge in [0.25, 0.3) is 0 Å². The molecule has 182 valence electrons. The van der Waals surface area contributed by atoms with Gasteiger partial charge in [-0.25, -0.2) is 0 Å². The van der Waals surface area contributed by atoms with Crippen LogP contribution in [0, 0.1) is 0 Å². The van der Waals surface area contributed by atoms with Gasteiger partial charge >= 0.3 is 10.5 Å². The molecular formula is C29H26N2O4S. The molecule has 1 N–H and O–H groups in total. The highest BCUT2D eigenvalue weighted by Gasteiger charge is 2.26. The van der Waals surface area contributed by atoms with Crippen molar-refractivity contribution in [3.05, 3.63) is 119 Å². The number of nitrogens with zero attached hydrogens (tertiary/aromatic N) is 1. The molecule has 1 aliphatic rings. The molecule has 0 saturated heterocycles. The second-order valence-electron chi connectivity index (χ2n) is 8.49. The van der Waals surface area contributed by atoms with Crippen LogP contribution in [0.3, 0.4) is 0 Å². The smallest absolute Gasteiger partial charge is 0.311 e. The van der Waals surface area contributed by atoms with E-state index in [9.17, 15) is 18.0 Å². The van der Waals surface area contributed by atoms with Gasteiger partial charge < -0.3 is 5.32 Å². The molecular weight excluding hydrogens is 472 g/mol. The highest BCUT2D eigenvalue weighted by molar-refractivity contribution is 7.61. The van der Waals surface area contributed by atoms with Gasteiger partial charge in [-0.15, -0.1) is 0 Å². The van der Waals surface area contributed by atoms with E-state index in [1.807, 2.05) is 12.1 Å². The molecule has 2 unspecified atom stereocenters. The molecule has 6 nitrogen and oxygen atoms in total. The molecule has 0 heterocycles. The molecule has 1 aliphatic carbocycles. The Labute approximate surface area is 211 Å². The first-order chi connectivity index (χ1) is 17.5. The quantitative estimate of drug-likeness (QED) is 0.348. The van der Waals surface area contributed by atoms with Crippen LogP contribution in [0.4, 0.5) is 0 Å². The van der Waals surface area contributed by atoms with E-state index in [-0.39, 0.29) is 18.4 Å². The number of benzene rings is 4. The van der Waals surface area contributed by atoms with Crippen molar-refractivity contribution in [2.45, 2.75) is 31.3 Å². The molecule has 1 amide bonds. The minimum absolute atomic E-state index is 0.0583. The maximum Gasteiger partial charge on any atom is 0.311 e. The number of aldehydes is 1. The number of rotatable bonds is 6. The molecule has 0 radical (unpaired) electrons. The third-order valence-corrected chi connectivity index (χ3v) is 6.63. The summed E-state index contributed by atoms with van der Waals surface area (Å²) in [5.41, 5.74) is 3.24. The highest BCUT2D eigenvalue weighted by Crippen LogP contribution is 2.33. The molecule has 0 spiro atoms. The van der Waals surface area contributed by atoms with Crippen molar-refractivity contribution in [3.8, 4) is 0 Å². The SMILES string of the molecule is O=Cc1cccc2c1CCC2NC(=O)CC(N=S(=O)=O)c1ccccc1.c1ccc2ccccc2c1. The van der Waals surface area contributed by atoms with Crippen LogP contribution in [0.1, 0.15) is 52.0 Å². The molecule has 2 atom stereocenters. The topological polar surface area (TPSA) is 92.7 Å². The van der Waals surface area contributed by atoms with E-state index < -0.39 is 16.5 Å². The van der Waals surface area contributed by atoms with E-state index >= 15 is 0 Å². The van der Waals surface area contributed by atoms with Gasteiger partial charge in [0, 0.05) is 5.56 Å². The maximum atomic E-state index is 12.5. The van der Waals surface area contributed by atoms with Crippen LogP contribution < -0.4 is 5.32 Å². The summed E-state index contributed by atoms with van der Waals surface area (Å²) in [6, 6.07) is 30.1. The fraction of sp³-hybridized carbons (Fsp3) is 0.172. The average molecular weight is 499 g/mol. The van der Waals surface area contributed by atoms with E-state index in [4.69, 9.17) is 0 Å². The lowest BCUT2D eigenvalue weighted by Crippen LogP contribution is -2.28. The van der Waals surface area contributed by atoms with Gasteiger partial charge in [-0.05, 0) is 40.3 Å². The molecule has 0 bridgehead atoms. The lowest BCUT2D eigenvalue weighted by atomic mass is 10.0. The number of hydrogen-bond acceptors (Lipinski definition) is 5. The Kier molecular flexibility index (Phi) is 8.36. The zero-order valence-electron chi connectivity index (χ0n) is 19.6. The van der Waals surface area contributed by atoms with Crippen LogP contribution >= 0.6 is 0 Å². The average Bonchev–Trinajstić information content (AvgIpc) is 3.31. The Bertz CT molecular complexity index is 1430. The van der Waals surface area contributed by atoms with Gasteiger partial charge in [0.2, 0.25) is 5.91 Å². The number of fused-ring (bicyclic) bond motifs is 2. The standard InChI is InChI=1S/C19H18N2O4S.C10H8/c22-12-14-7-4-8-16-15(14)9-10-17(16)20-19(23)11-18(21-26(24)25)13-5-2-1-3-6-13;1-2-6-10-8-4-3-7-9(10)5-1/h1-8,12,17-18H,9-11H2,(H,20,23);1-8H. The van der Waals surface area contributed by atoms with Gasteiger partial charge in [0.15, 0.2) is 0 Å². The van der Waals surface area contributed by atoms with E-state index in [2.05, 4.69) is 58.2 Å². The Balaban J connectivity index is 0.000000251. The minimum Gasteiger partial charge on any atom is -0.349 e. The normalized spacial score (nSPS) is 14.6. The van der Waals surface area contributed by atoms with Gasteiger partial charge in [-0.3, -0.25) is 9.59 Å². The second kappa shape index (κ2) is 12.0. The van der Waals surface area contributed by atoms with Crippen LogP contribution in [0.2, 0.25) is 0 Å². The van der Waals surface area contributed by atoms with E-state index in [0.29, 0.717) is 17.5 Å². The van der Waals surface area contributed by atoms with Crippen molar-refractivity contribution < 1.29 is 18.0 Å². The van der Waals surface area contributed by atoms with Crippen molar-refractivity contribution in [1.29, 1.82) is 0 Å². The summed E-state index contributed by atoms with van der Waals surface area (Å²) in [6.07, 6.45) is 2.22. The molecule has 0 fully saturated rings. The fourth-order valence-electron chi connectivity index (χ4n) is 4.50. The monoisotopic (exact) mass is 498 g/mol. The van der Waals surface area contributed by atoms with Crippen LogP contribution in [-0.4, -0.2) is 20.6 Å². The molecule has 4 aromatic carbocycles. The third-order valence-electron chi connectivity index (χ3n) is 6.20. The molecule has 36 heavy (non-hydrogen) atoms. The van der Waals surface area contributed by atoms with Crippen LogP contribution in [0.15, 0.2) is 101 Å². The number of carbonyl (C=O) groups is 2. The molecule has 5 rings (SSSR count). The maximum absolute atomic E-state index is 12.5. The van der Waals surface area contributed by atoms with E-state index in [1.54, 1.807) is 36.4 Å². The van der Waals surface area contributed by atoms with Crippen molar-refractivity contribution in [2.24, 2.45) is 4.36 Å². The second-order valence-corrected chi connectivity index (χ2v) is 9.14. The van der Waals surface area contributed by atoms with Crippen molar-refractivity contribution in [2.75, 3.05) is 0 Å². The summed E-state index contributed by atoms with van der Waals surface area (Å²) in [7, 11) is -2.60. The summed E-state index contributed by atoms with van der Waals surface area (Å²) in [5, 5.41) is 5.56. The zero-order chi connectivity index (χ0) is 25.3. The number of hydrogen-bond donors (Lipinski definition) is 1. The van der Waals surface area contributed by atoms with Gasteiger partial charge in [-0.1, -0.05) is 97.1 Å². The number of carbonyl (C=O) groups excluding carboxylic acids is 2. The predicted molar refractivity (Wildman–Crippen MR) is 140 cm³/mol. The summed E-state index contributed by atoms with van der Waals surface area (Å²) in [6.45, 7) is 0. The number of nitrogens with one attached hydrogen (secondary N) is 1. The number of amides is 1. The first-order valence-electron chi connectivity index (χ1n) is 11.7. The van der Waals surface area contributed by atoms with Crippen LogP contribution in [0.25, 0.3) is 10.8 Å². The molecule has 7 heteroatoms. The highest BCUT2D eigenvalue weighted by atomic mass is 32.2.